The van der Waals surface area contributed by atoms with Crippen molar-refractivity contribution in [3.63, 3.8) is 0 Å². The fourth-order valence-corrected chi connectivity index (χ4v) is 5.45. The van der Waals surface area contributed by atoms with Crippen molar-refractivity contribution in [1.29, 1.82) is 0 Å². The number of phosphoric ester groups is 1. The number of aliphatic hydroxyl groups is 2. The summed E-state index contributed by atoms with van der Waals surface area (Å²) >= 11 is 0. The van der Waals surface area contributed by atoms with Crippen LogP contribution in [0.5, 0.6) is 0 Å². The summed E-state index contributed by atoms with van der Waals surface area (Å²) in [6.07, 6.45) is -3.70. The van der Waals surface area contributed by atoms with Crippen LogP contribution in [0.25, 0.3) is 11.2 Å². The maximum Gasteiger partial charge on any atom is 0.472 e. The van der Waals surface area contributed by atoms with Crippen LogP contribution in [-0.2, 0) is 23.1 Å². The summed E-state index contributed by atoms with van der Waals surface area (Å²) in [7, 11) is -4.75. The summed E-state index contributed by atoms with van der Waals surface area (Å²) in [5.41, 5.74) is 4.48. The Bertz CT molecular complexity index is 1530. The molecule has 0 spiro atoms. The van der Waals surface area contributed by atoms with Crippen LogP contribution in [0.15, 0.2) is 22.2 Å². The molecule has 0 amide bonds. The first kappa shape index (κ1) is 28.2. The van der Waals surface area contributed by atoms with E-state index >= 15 is 0 Å². The molecule has 0 saturated carbocycles. The number of nitrogen functional groups attached to an aromatic ring is 1. The first-order chi connectivity index (χ1) is 19.1. The summed E-state index contributed by atoms with van der Waals surface area (Å²) in [5.74, 6) is 0.00799. The molecular formula is C20H28N9O10P. The van der Waals surface area contributed by atoms with Crippen molar-refractivity contribution >= 4 is 30.9 Å². The molecule has 2 fully saturated rings. The lowest BCUT2D eigenvalue weighted by Crippen LogP contribution is -2.29. The van der Waals surface area contributed by atoms with Gasteiger partial charge in [0.2, 0.25) is 11.9 Å². The number of hydrogen-bond donors (Lipinski definition) is 6. The van der Waals surface area contributed by atoms with Crippen molar-refractivity contribution in [3.8, 4) is 0 Å². The number of anilines is 2. The standard InChI is InChI=1S/C20H28N9O10P/c1-2-22-19-25-16-15(17(32)26-19)23-7-28(16)13-3-9(31)12(38-13)6-36-40(34,35)39-10-4-14(37-11(10)5-30)29-8-24-18(21)27-20(29)33/h7-14,30-31H,2-6H2,1H3,(H,34,35)(H2,21,27,33)(H2,22,25,26,32)/t9-,10-,11-,12-,13-,14-/m1/s1. The molecule has 218 valence electrons. The number of aliphatic hydroxyl groups excluding tert-OH is 2. The SMILES string of the molecule is CCNc1nc2c(ncn2[C@H]2C[C@@H](O)[C@@H](COP(=O)(O)O[C@@H]3C[C@H](n4cnc(N)nc4=O)O[C@@H]3CO)O2)c(=O)[nH]1. The van der Waals surface area contributed by atoms with E-state index in [4.69, 9.17) is 24.3 Å². The lowest BCUT2D eigenvalue weighted by Gasteiger charge is -2.21. The molecule has 20 heteroatoms. The average Bonchev–Trinajstić information content (AvgIpc) is 3.59. The van der Waals surface area contributed by atoms with Crippen molar-refractivity contribution in [2.24, 2.45) is 0 Å². The third-order valence-electron chi connectivity index (χ3n) is 6.38. The van der Waals surface area contributed by atoms with Crippen LogP contribution in [0, 0.1) is 0 Å². The normalized spacial score (nSPS) is 28.2. The molecule has 2 aliphatic rings. The van der Waals surface area contributed by atoms with Crippen LogP contribution in [0.4, 0.5) is 11.9 Å². The van der Waals surface area contributed by atoms with Gasteiger partial charge in [-0.1, -0.05) is 0 Å². The first-order valence-corrected chi connectivity index (χ1v) is 13.7. The van der Waals surface area contributed by atoms with Crippen molar-refractivity contribution in [2.75, 3.05) is 30.8 Å². The Balaban J connectivity index is 1.22. The number of ether oxygens (including phenoxy) is 2. The quantitative estimate of drug-likeness (QED) is 0.144. The van der Waals surface area contributed by atoms with E-state index < -0.39 is 69.2 Å². The zero-order valence-corrected chi connectivity index (χ0v) is 22.0. The van der Waals surface area contributed by atoms with Crippen LogP contribution in [0.3, 0.4) is 0 Å². The molecule has 19 nitrogen and oxygen atoms in total. The molecule has 1 unspecified atom stereocenters. The molecule has 3 aromatic heterocycles. The van der Waals surface area contributed by atoms with Gasteiger partial charge in [0.25, 0.3) is 5.56 Å². The summed E-state index contributed by atoms with van der Waals surface area (Å²) < 4.78 is 36.9. The monoisotopic (exact) mass is 585 g/mol. The molecule has 2 saturated heterocycles. The number of aromatic amines is 1. The van der Waals surface area contributed by atoms with Crippen molar-refractivity contribution in [3.05, 3.63) is 33.5 Å². The van der Waals surface area contributed by atoms with Crippen molar-refractivity contribution in [2.45, 2.75) is 56.6 Å². The fraction of sp³-hybridized carbons (Fsp3) is 0.600. The molecule has 5 rings (SSSR count). The average molecular weight is 585 g/mol. The molecular weight excluding hydrogens is 557 g/mol. The van der Waals surface area contributed by atoms with Gasteiger partial charge in [-0.05, 0) is 6.92 Å². The van der Waals surface area contributed by atoms with Gasteiger partial charge in [-0.25, -0.2) is 19.3 Å². The molecule has 2 aliphatic heterocycles. The maximum atomic E-state index is 12.7. The highest BCUT2D eigenvalue weighted by molar-refractivity contribution is 7.47. The number of H-pyrrole nitrogens is 1. The second-order valence-corrected chi connectivity index (χ2v) is 10.5. The van der Waals surface area contributed by atoms with Crippen LogP contribution in [0.1, 0.15) is 32.2 Å². The number of fused-ring (bicyclic) bond motifs is 1. The number of nitrogens with zero attached hydrogens (tertiary/aromatic N) is 6. The van der Waals surface area contributed by atoms with Gasteiger partial charge in [0.05, 0.1) is 25.6 Å². The molecule has 0 aromatic carbocycles. The highest BCUT2D eigenvalue weighted by atomic mass is 31.2. The van der Waals surface area contributed by atoms with Crippen LogP contribution >= 0.6 is 7.82 Å². The first-order valence-electron chi connectivity index (χ1n) is 12.3. The van der Waals surface area contributed by atoms with Crippen molar-refractivity contribution < 1.29 is 38.2 Å². The molecule has 3 aromatic rings. The summed E-state index contributed by atoms with van der Waals surface area (Å²) in [4.78, 5) is 53.0. The Morgan fingerprint density at radius 1 is 1.18 bits per heavy atom. The van der Waals surface area contributed by atoms with Gasteiger partial charge in [-0.3, -0.25) is 28.0 Å². The fourth-order valence-electron chi connectivity index (χ4n) is 4.49. The highest BCUT2D eigenvalue weighted by Gasteiger charge is 2.43. The molecule has 0 radical (unpaired) electrons. The van der Waals surface area contributed by atoms with E-state index in [1.165, 1.54) is 10.9 Å². The van der Waals surface area contributed by atoms with Gasteiger partial charge < -0.3 is 35.6 Å². The minimum absolute atomic E-state index is 0.0598. The van der Waals surface area contributed by atoms with Gasteiger partial charge >= 0.3 is 13.5 Å². The second-order valence-electron chi connectivity index (χ2n) is 9.06. The molecule has 7 N–H and O–H groups in total. The number of nitrogens with two attached hydrogens (primary N) is 1. The Hall–Kier alpha value is -3.29. The number of phosphoric acid groups is 1. The second kappa shape index (κ2) is 11.3. The van der Waals surface area contributed by atoms with E-state index in [1.54, 1.807) is 0 Å². The van der Waals surface area contributed by atoms with E-state index in [0.29, 0.717) is 6.54 Å². The van der Waals surface area contributed by atoms with Crippen LogP contribution < -0.4 is 22.3 Å². The minimum Gasteiger partial charge on any atom is -0.394 e. The smallest absolute Gasteiger partial charge is 0.394 e. The van der Waals surface area contributed by atoms with Crippen LogP contribution in [-0.4, -0.2) is 93.3 Å². The molecule has 5 heterocycles. The van der Waals surface area contributed by atoms with Gasteiger partial charge in [0.1, 0.15) is 37.1 Å². The van der Waals surface area contributed by atoms with Gasteiger partial charge in [-0.15, -0.1) is 0 Å². The lowest BCUT2D eigenvalue weighted by atomic mass is 10.2. The topological polar surface area (TPSA) is 264 Å². The van der Waals surface area contributed by atoms with Gasteiger partial charge in [0, 0.05) is 19.4 Å². The van der Waals surface area contributed by atoms with Crippen LogP contribution in [0.2, 0.25) is 0 Å². The van der Waals surface area contributed by atoms with E-state index in [2.05, 4.69) is 30.2 Å². The third kappa shape index (κ3) is 5.77. The Morgan fingerprint density at radius 3 is 2.62 bits per heavy atom. The minimum atomic E-state index is -4.75. The van der Waals surface area contributed by atoms with E-state index in [9.17, 15) is 29.3 Å². The Kier molecular flexibility index (Phi) is 7.98. The number of nitrogens with one attached hydrogen (secondary N) is 2. The maximum absolute atomic E-state index is 12.7. The third-order valence-corrected chi connectivity index (χ3v) is 7.39. The number of imidazole rings is 1. The van der Waals surface area contributed by atoms with E-state index in [0.717, 1.165) is 10.9 Å². The number of hydrogen-bond acceptors (Lipinski definition) is 15. The molecule has 7 atom stereocenters. The molecule has 40 heavy (non-hydrogen) atoms. The zero-order chi connectivity index (χ0) is 28.6. The predicted octanol–water partition coefficient (Wildman–Crippen LogP) is -1.78. The Labute approximate surface area is 224 Å². The Morgan fingerprint density at radius 2 is 1.90 bits per heavy atom. The summed E-state index contributed by atoms with van der Waals surface area (Å²) in [6, 6.07) is 0. The summed E-state index contributed by atoms with van der Waals surface area (Å²) in [6.45, 7) is 1.25. The van der Waals surface area contributed by atoms with Gasteiger partial charge in [-0.2, -0.15) is 9.97 Å². The van der Waals surface area contributed by atoms with Crippen molar-refractivity contribution in [1.82, 2.24) is 34.1 Å². The predicted molar refractivity (Wildman–Crippen MR) is 134 cm³/mol. The summed E-state index contributed by atoms with van der Waals surface area (Å²) in [5, 5.41) is 23.1. The van der Waals surface area contributed by atoms with E-state index in [-0.39, 0.29) is 35.9 Å². The number of rotatable bonds is 10. The largest absolute Gasteiger partial charge is 0.472 e. The molecule has 0 bridgehead atoms. The zero-order valence-electron chi connectivity index (χ0n) is 21.1. The highest BCUT2D eigenvalue weighted by Crippen LogP contribution is 2.49. The van der Waals surface area contributed by atoms with Gasteiger partial charge in [0.15, 0.2) is 11.2 Å². The number of aromatic nitrogens is 7. The molecule has 0 aliphatic carbocycles. The lowest BCUT2D eigenvalue weighted by molar-refractivity contribution is -0.0565. The van der Waals surface area contributed by atoms with E-state index in [1.807, 2.05) is 6.92 Å².